The van der Waals surface area contributed by atoms with E-state index in [1.807, 2.05) is 0 Å². The Morgan fingerprint density at radius 1 is 1.14 bits per heavy atom. The second-order valence-corrected chi connectivity index (χ2v) is 7.19. The fraction of sp³-hybridized carbons (Fsp3) is 0.364. The maximum Gasteiger partial charge on any atom is 0.420 e. The van der Waals surface area contributed by atoms with Crippen molar-refractivity contribution in [3.8, 4) is 16.9 Å². The zero-order valence-corrected chi connectivity index (χ0v) is 15.7. The molecular weight excluding hydrogens is 385 g/mol. The number of phenolic OH excluding ortho intramolecular Hbond substituents is 1. The molecule has 1 heterocycles. The monoisotopic (exact) mass is 406 g/mol. The second kappa shape index (κ2) is 8.78. The molecule has 3 rings (SSSR count). The second-order valence-electron chi connectivity index (χ2n) is 7.19. The van der Waals surface area contributed by atoms with E-state index in [2.05, 4.69) is 0 Å². The molecule has 29 heavy (non-hydrogen) atoms. The van der Waals surface area contributed by atoms with Crippen LogP contribution in [-0.4, -0.2) is 30.4 Å². The minimum absolute atomic E-state index is 0.0795. The zero-order valence-electron chi connectivity index (χ0n) is 15.7. The summed E-state index contributed by atoms with van der Waals surface area (Å²) in [6.07, 6.45) is -1.66. The number of ether oxygens (including phenoxy) is 1. The topological polar surface area (TPSA) is 63.6 Å². The Hall–Kier alpha value is -2.67. The predicted octanol–water partition coefficient (Wildman–Crippen LogP) is 5.28. The van der Waals surface area contributed by atoms with Crippen LogP contribution in [0.1, 0.15) is 52.0 Å². The van der Waals surface area contributed by atoms with Crippen molar-refractivity contribution in [2.24, 2.45) is 5.92 Å². The van der Waals surface area contributed by atoms with E-state index in [-0.39, 0.29) is 23.6 Å². The highest BCUT2D eigenvalue weighted by Gasteiger charge is 2.35. The summed E-state index contributed by atoms with van der Waals surface area (Å²) in [5.74, 6) is -0.955. The molecule has 0 aliphatic carbocycles. The average molecular weight is 406 g/mol. The third-order valence-electron chi connectivity index (χ3n) is 5.14. The average Bonchev–Trinajstić information content (AvgIpc) is 2.96. The molecular formula is C22H21F3O4. The summed E-state index contributed by atoms with van der Waals surface area (Å²) in [5, 5.41) is 9.73. The van der Waals surface area contributed by atoms with Gasteiger partial charge in [0.1, 0.15) is 5.75 Å². The number of Topliss-reactive ketones (excluding diaryl/α,β-unsaturated/α-hetero) is 1. The first-order valence-corrected chi connectivity index (χ1v) is 9.40. The van der Waals surface area contributed by atoms with Gasteiger partial charge in [-0.2, -0.15) is 13.2 Å². The lowest BCUT2D eigenvalue weighted by atomic mass is 9.91. The van der Waals surface area contributed by atoms with Gasteiger partial charge in [0.2, 0.25) is 0 Å². The lowest BCUT2D eigenvalue weighted by molar-refractivity contribution is -0.138. The van der Waals surface area contributed by atoms with Crippen LogP contribution in [0.5, 0.6) is 5.75 Å². The molecule has 1 aliphatic rings. The Labute approximate surface area is 166 Å². The quantitative estimate of drug-likeness (QED) is 0.542. The third kappa shape index (κ3) is 5.03. The van der Waals surface area contributed by atoms with Crippen LogP contribution in [0.4, 0.5) is 13.2 Å². The minimum atomic E-state index is -4.81. The van der Waals surface area contributed by atoms with E-state index in [9.17, 15) is 27.9 Å². The first-order valence-electron chi connectivity index (χ1n) is 9.40. The molecule has 1 atom stereocenters. The number of ketones is 1. The Bertz CT molecular complexity index is 897. The highest BCUT2D eigenvalue weighted by atomic mass is 19.4. The van der Waals surface area contributed by atoms with Gasteiger partial charge in [-0.15, -0.1) is 0 Å². The van der Waals surface area contributed by atoms with E-state index in [1.165, 1.54) is 12.1 Å². The summed E-state index contributed by atoms with van der Waals surface area (Å²) >= 11 is 0. The Morgan fingerprint density at radius 2 is 1.93 bits per heavy atom. The first kappa shape index (κ1) is 21.0. The number of aldehydes is 1. The van der Waals surface area contributed by atoms with E-state index >= 15 is 0 Å². The van der Waals surface area contributed by atoms with Gasteiger partial charge in [-0.1, -0.05) is 18.2 Å². The molecule has 1 N–H and O–H groups in total. The highest BCUT2D eigenvalue weighted by molar-refractivity contribution is 5.97. The van der Waals surface area contributed by atoms with Crippen LogP contribution >= 0.6 is 0 Å². The van der Waals surface area contributed by atoms with Crippen molar-refractivity contribution in [2.45, 2.75) is 31.9 Å². The molecule has 2 aromatic carbocycles. The number of hydrogen-bond acceptors (Lipinski definition) is 4. The van der Waals surface area contributed by atoms with E-state index in [1.54, 1.807) is 18.2 Å². The molecule has 2 aromatic rings. The molecule has 0 unspecified atom stereocenters. The van der Waals surface area contributed by atoms with Gasteiger partial charge in [-0.25, -0.2) is 0 Å². The highest BCUT2D eigenvalue weighted by Crippen LogP contribution is 2.40. The van der Waals surface area contributed by atoms with Crippen LogP contribution in [-0.2, 0) is 10.9 Å². The summed E-state index contributed by atoms with van der Waals surface area (Å²) in [6.45, 7) is 1.32. The van der Waals surface area contributed by atoms with Crippen LogP contribution < -0.4 is 0 Å². The molecule has 0 bridgehead atoms. The Morgan fingerprint density at radius 3 is 2.66 bits per heavy atom. The fourth-order valence-corrected chi connectivity index (χ4v) is 3.56. The minimum Gasteiger partial charge on any atom is -0.507 e. The number of carbonyl (C=O) groups excluding carboxylic acids is 2. The van der Waals surface area contributed by atoms with Crippen molar-refractivity contribution >= 4 is 12.1 Å². The number of aromatic hydroxyl groups is 1. The van der Waals surface area contributed by atoms with E-state index in [0.717, 1.165) is 25.3 Å². The number of rotatable bonds is 5. The lowest BCUT2D eigenvalue weighted by Gasteiger charge is -2.14. The maximum atomic E-state index is 13.2. The van der Waals surface area contributed by atoms with Crippen molar-refractivity contribution in [2.75, 3.05) is 13.2 Å². The SMILES string of the molecule is O=Cc1cc(-c2cccc(C(=O)C[C@H]3CCCOCC3)c2)cc(C(F)(F)F)c1O. The van der Waals surface area contributed by atoms with Gasteiger partial charge in [0.15, 0.2) is 12.1 Å². The summed E-state index contributed by atoms with van der Waals surface area (Å²) in [6, 6.07) is 8.29. The van der Waals surface area contributed by atoms with Crippen LogP contribution in [0.2, 0.25) is 0 Å². The van der Waals surface area contributed by atoms with E-state index < -0.39 is 23.1 Å². The molecule has 0 aromatic heterocycles. The molecule has 7 heteroatoms. The molecule has 0 saturated carbocycles. The normalized spacial score (nSPS) is 17.6. The molecule has 1 aliphatic heterocycles. The summed E-state index contributed by atoms with van der Waals surface area (Å²) in [7, 11) is 0. The lowest BCUT2D eigenvalue weighted by Crippen LogP contribution is -2.10. The summed E-state index contributed by atoms with van der Waals surface area (Å²) in [4.78, 5) is 23.8. The summed E-state index contributed by atoms with van der Waals surface area (Å²) < 4.78 is 45.1. The van der Waals surface area contributed by atoms with Gasteiger partial charge in [-0.05, 0) is 54.5 Å². The van der Waals surface area contributed by atoms with Gasteiger partial charge < -0.3 is 9.84 Å². The maximum absolute atomic E-state index is 13.2. The first-order chi connectivity index (χ1) is 13.8. The van der Waals surface area contributed by atoms with Gasteiger partial charge >= 0.3 is 6.18 Å². The number of halogens is 3. The van der Waals surface area contributed by atoms with Crippen LogP contribution in [0.25, 0.3) is 11.1 Å². The van der Waals surface area contributed by atoms with Gasteiger partial charge in [0.05, 0.1) is 11.1 Å². The van der Waals surface area contributed by atoms with Crippen LogP contribution in [0.3, 0.4) is 0 Å². The van der Waals surface area contributed by atoms with Crippen molar-refractivity contribution < 1.29 is 32.6 Å². The van der Waals surface area contributed by atoms with Crippen LogP contribution in [0, 0.1) is 5.92 Å². The molecule has 154 valence electrons. The van der Waals surface area contributed by atoms with Crippen molar-refractivity contribution in [3.05, 3.63) is 53.1 Å². The number of hydrogen-bond donors (Lipinski definition) is 1. The van der Waals surface area contributed by atoms with Crippen molar-refractivity contribution in [1.82, 2.24) is 0 Å². The molecule has 1 fully saturated rings. The van der Waals surface area contributed by atoms with Crippen LogP contribution in [0.15, 0.2) is 36.4 Å². The Balaban J connectivity index is 1.91. The molecule has 0 amide bonds. The molecule has 4 nitrogen and oxygen atoms in total. The largest absolute Gasteiger partial charge is 0.507 e. The number of phenols is 1. The van der Waals surface area contributed by atoms with Gasteiger partial charge in [0, 0.05) is 25.2 Å². The van der Waals surface area contributed by atoms with E-state index in [4.69, 9.17) is 4.74 Å². The van der Waals surface area contributed by atoms with E-state index in [0.29, 0.717) is 30.8 Å². The van der Waals surface area contributed by atoms with Crippen molar-refractivity contribution in [3.63, 3.8) is 0 Å². The zero-order chi connectivity index (χ0) is 21.0. The smallest absolute Gasteiger partial charge is 0.420 e. The fourth-order valence-electron chi connectivity index (χ4n) is 3.56. The van der Waals surface area contributed by atoms with Gasteiger partial charge in [-0.3, -0.25) is 9.59 Å². The standard InChI is InChI=1S/C22H21F3O4/c23-22(24,25)19-12-17(11-18(13-26)21(19)28)15-4-1-5-16(10-15)20(27)9-14-3-2-7-29-8-6-14/h1,4-5,10-14,28H,2-3,6-9H2/t14-/m0/s1. The number of benzene rings is 2. The van der Waals surface area contributed by atoms with Crippen molar-refractivity contribution in [1.29, 1.82) is 0 Å². The number of carbonyl (C=O) groups is 2. The molecule has 1 saturated heterocycles. The Kier molecular flexibility index (Phi) is 6.37. The van der Waals surface area contributed by atoms with Gasteiger partial charge in [0.25, 0.3) is 0 Å². The summed E-state index contributed by atoms with van der Waals surface area (Å²) in [5.41, 5.74) is -0.859. The predicted molar refractivity (Wildman–Crippen MR) is 101 cm³/mol. The number of alkyl halides is 3. The molecule has 0 spiro atoms. The third-order valence-corrected chi connectivity index (χ3v) is 5.14. The molecule has 0 radical (unpaired) electrons.